The summed E-state index contributed by atoms with van der Waals surface area (Å²) in [6, 6.07) is 11.6. The molecule has 0 N–H and O–H groups in total. The van der Waals surface area contributed by atoms with Gasteiger partial charge in [0.05, 0.1) is 6.54 Å². The van der Waals surface area contributed by atoms with Gasteiger partial charge in [0, 0.05) is 23.6 Å². The molecule has 0 atom stereocenters. The number of carbonyl (C=O) groups excluding carboxylic acids is 1. The van der Waals surface area contributed by atoms with Gasteiger partial charge in [0.1, 0.15) is 5.52 Å². The molecule has 112 valence electrons. The Labute approximate surface area is 132 Å². The number of rotatable bonds is 5. The molecular formula is C17H16N2O2S. The minimum Gasteiger partial charge on any atom is -0.437 e. The molecule has 0 aliphatic carbocycles. The highest BCUT2D eigenvalue weighted by Crippen LogP contribution is 2.16. The Morgan fingerprint density at radius 2 is 2.18 bits per heavy atom. The average molecular weight is 312 g/mol. The van der Waals surface area contributed by atoms with Gasteiger partial charge in [-0.15, -0.1) is 11.3 Å². The number of benzene rings is 1. The molecule has 2 aromatic heterocycles. The number of aromatic nitrogens is 1. The summed E-state index contributed by atoms with van der Waals surface area (Å²) in [7, 11) is 0. The van der Waals surface area contributed by atoms with E-state index in [1.807, 2.05) is 48.7 Å². The highest BCUT2D eigenvalue weighted by molar-refractivity contribution is 7.09. The largest absolute Gasteiger partial charge is 0.437 e. The van der Waals surface area contributed by atoms with Crippen molar-refractivity contribution in [3.63, 3.8) is 0 Å². The second-order valence-corrected chi connectivity index (χ2v) is 5.82. The number of likely N-dealkylation sites (N-methyl/N-ethyl adjacent to an activating group) is 1. The van der Waals surface area contributed by atoms with Gasteiger partial charge in [-0.25, -0.2) is 4.98 Å². The lowest BCUT2D eigenvalue weighted by Gasteiger charge is -2.17. The summed E-state index contributed by atoms with van der Waals surface area (Å²) < 4.78 is 5.57. The highest BCUT2D eigenvalue weighted by Gasteiger charge is 2.10. The van der Waals surface area contributed by atoms with E-state index >= 15 is 0 Å². The first kappa shape index (κ1) is 14.5. The van der Waals surface area contributed by atoms with Gasteiger partial charge in [-0.2, -0.15) is 0 Å². The van der Waals surface area contributed by atoms with Crippen LogP contribution in [0.1, 0.15) is 17.7 Å². The van der Waals surface area contributed by atoms with E-state index < -0.39 is 0 Å². The third-order valence-corrected chi connectivity index (χ3v) is 4.16. The first-order chi connectivity index (χ1) is 10.8. The number of fused-ring (bicyclic) bond motifs is 1. The third kappa shape index (κ3) is 3.26. The molecule has 22 heavy (non-hydrogen) atoms. The van der Waals surface area contributed by atoms with E-state index in [0.717, 1.165) is 11.1 Å². The first-order valence-electron chi connectivity index (χ1n) is 7.11. The van der Waals surface area contributed by atoms with E-state index in [0.29, 0.717) is 19.0 Å². The molecule has 1 amide bonds. The van der Waals surface area contributed by atoms with E-state index in [1.165, 1.54) is 11.0 Å². The molecule has 0 saturated carbocycles. The molecule has 0 bridgehead atoms. The fourth-order valence-electron chi connectivity index (χ4n) is 2.15. The van der Waals surface area contributed by atoms with E-state index in [1.54, 1.807) is 22.3 Å². The molecule has 0 spiro atoms. The summed E-state index contributed by atoms with van der Waals surface area (Å²) >= 11 is 1.65. The maximum absolute atomic E-state index is 12.3. The van der Waals surface area contributed by atoms with Crippen LogP contribution in [0.25, 0.3) is 17.2 Å². The summed E-state index contributed by atoms with van der Waals surface area (Å²) in [5.74, 6) is 0.403. The maximum Gasteiger partial charge on any atom is 0.247 e. The molecule has 3 aromatic rings. The SMILES string of the molecule is CCN(Cc1cccs1)C(=O)/C=C/c1nc2ccccc2o1. The van der Waals surface area contributed by atoms with Gasteiger partial charge in [-0.3, -0.25) is 4.79 Å². The van der Waals surface area contributed by atoms with Crippen molar-refractivity contribution in [3.8, 4) is 0 Å². The zero-order chi connectivity index (χ0) is 15.4. The number of carbonyl (C=O) groups is 1. The van der Waals surface area contributed by atoms with Gasteiger partial charge in [0.2, 0.25) is 11.8 Å². The van der Waals surface area contributed by atoms with E-state index in [-0.39, 0.29) is 5.91 Å². The van der Waals surface area contributed by atoms with Crippen molar-refractivity contribution in [3.05, 3.63) is 58.6 Å². The minimum absolute atomic E-state index is 0.0434. The Bertz CT molecular complexity index is 757. The fraction of sp³-hybridized carbons (Fsp3) is 0.176. The number of para-hydroxylation sites is 2. The molecule has 0 radical (unpaired) electrons. The quantitative estimate of drug-likeness (QED) is 0.670. The lowest BCUT2D eigenvalue weighted by atomic mass is 10.3. The lowest BCUT2D eigenvalue weighted by molar-refractivity contribution is -0.126. The van der Waals surface area contributed by atoms with Crippen LogP contribution in [0, 0.1) is 0 Å². The summed E-state index contributed by atoms with van der Waals surface area (Å²) in [5, 5.41) is 2.02. The normalized spacial score (nSPS) is 11.3. The van der Waals surface area contributed by atoms with Gasteiger partial charge in [-0.05, 0) is 30.5 Å². The van der Waals surface area contributed by atoms with Gasteiger partial charge in [-0.1, -0.05) is 18.2 Å². The zero-order valence-corrected chi connectivity index (χ0v) is 13.0. The molecule has 1 aromatic carbocycles. The Morgan fingerprint density at radius 3 is 2.91 bits per heavy atom. The number of nitrogens with zero attached hydrogens (tertiary/aromatic N) is 2. The number of oxazole rings is 1. The van der Waals surface area contributed by atoms with Gasteiger partial charge in [0.25, 0.3) is 0 Å². The van der Waals surface area contributed by atoms with E-state index in [4.69, 9.17) is 4.42 Å². The van der Waals surface area contributed by atoms with Crippen molar-refractivity contribution < 1.29 is 9.21 Å². The molecule has 0 fully saturated rings. The summed E-state index contributed by atoms with van der Waals surface area (Å²) in [6.45, 7) is 3.26. The van der Waals surface area contributed by atoms with Crippen molar-refractivity contribution in [1.29, 1.82) is 0 Å². The minimum atomic E-state index is -0.0434. The Kier molecular flexibility index (Phi) is 4.34. The Morgan fingerprint density at radius 1 is 1.32 bits per heavy atom. The molecule has 2 heterocycles. The van der Waals surface area contributed by atoms with Crippen LogP contribution in [-0.4, -0.2) is 22.3 Å². The van der Waals surface area contributed by atoms with Crippen LogP contribution in [0.3, 0.4) is 0 Å². The van der Waals surface area contributed by atoms with Crippen molar-refractivity contribution in [1.82, 2.24) is 9.88 Å². The van der Waals surface area contributed by atoms with Crippen molar-refractivity contribution in [2.75, 3.05) is 6.54 Å². The van der Waals surface area contributed by atoms with Gasteiger partial charge in [0.15, 0.2) is 5.58 Å². The van der Waals surface area contributed by atoms with E-state index in [9.17, 15) is 4.79 Å². The number of hydrogen-bond donors (Lipinski definition) is 0. The average Bonchev–Trinajstić information content (AvgIpc) is 3.18. The topological polar surface area (TPSA) is 46.3 Å². The van der Waals surface area contributed by atoms with Crippen LogP contribution in [-0.2, 0) is 11.3 Å². The zero-order valence-electron chi connectivity index (χ0n) is 12.2. The second kappa shape index (κ2) is 6.58. The smallest absolute Gasteiger partial charge is 0.247 e. The van der Waals surface area contributed by atoms with Crippen molar-refractivity contribution >= 4 is 34.4 Å². The van der Waals surface area contributed by atoms with E-state index in [2.05, 4.69) is 4.98 Å². The number of thiophene rings is 1. The van der Waals surface area contributed by atoms with Crippen LogP contribution < -0.4 is 0 Å². The monoisotopic (exact) mass is 312 g/mol. The third-order valence-electron chi connectivity index (χ3n) is 3.30. The molecule has 0 aliphatic heterocycles. The van der Waals surface area contributed by atoms with Crippen LogP contribution >= 0.6 is 11.3 Å². The summed E-state index contributed by atoms with van der Waals surface area (Å²) in [4.78, 5) is 19.5. The number of hydrogen-bond acceptors (Lipinski definition) is 4. The number of amides is 1. The molecule has 0 unspecified atom stereocenters. The molecule has 0 aliphatic rings. The van der Waals surface area contributed by atoms with Gasteiger partial charge < -0.3 is 9.32 Å². The second-order valence-electron chi connectivity index (χ2n) is 4.78. The predicted molar refractivity (Wildman–Crippen MR) is 88.5 cm³/mol. The highest BCUT2D eigenvalue weighted by atomic mass is 32.1. The van der Waals surface area contributed by atoms with Crippen LogP contribution in [0.15, 0.2) is 52.3 Å². The Hall–Kier alpha value is -2.40. The van der Waals surface area contributed by atoms with Crippen LogP contribution in [0.2, 0.25) is 0 Å². The van der Waals surface area contributed by atoms with Gasteiger partial charge >= 0.3 is 0 Å². The van der Waals surface area contributed by atoms with Crippen LogP contribution in [0.4, 0.5) is 0 Å². The fourth-order valence-corrected chi connectivity index (χ4v) is 2.86. The first-order valence-corrected chi connectivity index (χ1v) is 7.99. The molecule has 4 nitrogen and oxygen atoms in total. The Balaban J connectivity index is 1.71. The summed E-state index contributed by atoms with van der Waals surface area (Å²) in [5.41, 5.74) is 1.51. The van der Waals surface area contributed by atoms with Crippen molar-refractivity contribution in [2.24, 2.45) is 0 Å². The molecule has 5 heteroatoms. The summed E-state index contributed by atoms with van der Waals surface area (Å²) in [6.07, 6.45) is 3.14. The maximum atomic E-state index is 12.3. The van der Waals surface area contributed by atoms with Crippen molar-refractivity contribution in [2.45, 2.75) is 13.5 Å². The lowest BCUT2D eigenvalue weighted by Crippen LogP contribution is -2.28. The predicted octanol–water partition coefficient (Wildman–Crippen LogP) is 3.95. The van der Waals surface area contributed by atoms with Crippen LogP contribution in [0.5, 0.6) is 0 Å². The molecular weight excluding hydrogens is 296 g/mol. The molecule has 0 saturated heterocycles. The molecule has 3 rings (SSSR count). The standard InChI is InChI=1S/C17H16N2O2S/c1-2-19(12-13-6-5-11-22-13)17(20)10-9-16-18-14-7-3-4-8-15(14)21-16/h3-11H,2,12H2,1H3/b10-9+.